The predicted molar refractivity (Wildman–Crippen MR) is 82.2 cm³/mol. The number of ketones is 1. The molecule has 2 N–H and O–H groups in total. The van der Waals surface area contributed by atoms with Gasteiger partial charge in [-0.3, -0.25) is 9.69 Å². The minimum atomic E-state index is -0.456. The van der Waals surface area contributed by atoms with Crippen LogP contribution in [0.25, 0.3) is 0 Å². The Morgan fingerprint density at radius 2 is 2.05 bits per heavy atom. The lowest BCUT2D eigenvalue weighted by Crippen LogP contribution is -2.46. The molecule has 2 rings (SSSR count). The Hall–Kier alpha value is -2.47. The lowest BCUT2D eigenvalue weighted by molar-refractivity contribution is -0.118. The highest BCUT2D eigenvalue weighted by molar-refractivity contribution is 6.06. The number of nitrogens with zero attached hydrogens (tertiary/aromatic N) is 2. The van der Waals surface area contributed by atoms with Crippen LogP contribution in [0.1, 0.15) is 6.92 Å². The molecular weight excluding hydrogens is 268 g/mol. The van der Waals surface area contributed by atoms with Gasteiger partial charge in [-0.05, 0) is 32.2 Å². The normalized spacial score (nSPS) is 22.5. The minimum absolute atomic E-state index is 0.0513. The van der Waals surface area contributed by atoms with Crippen molar-refractivity contribution in [2.45, 2.75) is 19.0 Å². The summed E-state index contributed by atoms with van der Waals surface area (Å²) in [7, 11) is 1.84. The van der Waals surface area contributed by atoms with Gasteiger partial charge in [-0.15, -0.1) is 0 Å². The molecule has 1 aromatic carbocycles. The van der Waals surface area contributed by atoms with Crippen LogP contribution in [0.2, 0.25) is 0 Å². The van der Waals surface area contributed by atoms with E-state index in [1.54, 1.807) is 18.2 Å². The summed E-state index contributed by atoms with van der Waals surface area (Å²) in [5.74, 6) is -0.0513. The maximum absolute atomic E-state index is 11.8. The van der Waals surface area contributed by atoms with Crippen molar-refractivity contribution >= 4 is 23.7 Å². The molecule has 0 radical (unpaired) electrons. The summed E-state index contributed by atoms with van der Waals surface area (Å²) in [6.45, 7) is 1.99. The molecule has 110 valence electrons. The zero-order valence-corrected chi connectivity index (χ0v) is 12.0. The third-order valence-corrected chi connectivity index (χ3v) is 3.33. The first-order valence-corrected chi connectivity index (χ1v) is 6.67. The number of carbonyl (C=O) groups is 2. The summed E-state index contributed by atoms with van der Waals surface area (Å²) >= 11 is 0. The standard InChI is InChI=1S/C15H18N4O2/c1-11-8-9-14(20)13(19(11)2)10-16-18-15(21)17-12-6-4-3-5-7-12/h3-11,13H,1-2H3,(H2,17,18,21). The highest BCUT2D eigenvalue weighted by Gasteiger charge is 2.26. The third kappa shape index (κ3) is 4.00. The molecule has 2 unspecified atom stereocenters. The molecule has 1 aliphatic heterocycles. The first-order valence-electron chi connectivity index (χ1n) is 6.67. The lowest BCUT2D eigenvalue weighted by atomic mass is 10.0. The Morgan fingerprint density at radius 1 is 1.33 bits per heavy atom. The Kier molecular flexibility index (Phi) is 4.84. The third-order valence-electron chi connectivity index (χ3n) is 3.33. The Morgan fingerprint density at radius 3 is 2.76 bits per heavy atom. The van der Waals surface area contributed by atoms with Crippen LogP contribution in [-0.4, -0.2) is 42.1 Å². The zero-order chi connectivity index (χ0) is 15.2. The van der Waals surface area contributed by atoms with E-state index in [0.29, 0.717) is 5.69 Å². The van der Waals surface area contributed by atoms with Gasteiger partial charge in [-0.1, -0.05) is 24.3 Å². The summed E-state index contributed by atoms with van der Waals surface area (Å²) in [6.07, 6.45) is 4.82. The van der Waals surface area contributed by atoms with Gasteiger partial charge in [0.05, 0.1) is 0 Å². The van der Waals surface area contributed by atoms with Crippen molar-refractivity contribution in [1.29, 1.82) is 0 Å². The van der Waals surface area contributed by atoms with E-state index in [0.717, 1.165) is 0 Å². The predicted octanol–water partition coefficient (Wildman–Crippen LogP) is 1.62. The number of hydrazone groups is 1. The van der Waals surface area contributed by atoms with Crippen molar-refractivity contribution in [3.8, 4) is 0 Å². The summed E-state index contributed by atoms with van der Waals surface area (Å²) in [4.78, 5) is 25.3. The molecule has 21 heavy (non-hydrogen) atoms. The highest BCUT2D eigenvalue weighted by atomic mass is 16.2. The monoisotopic (exact) mass is 286 g/mol. The topological polar surface area (TPSA) is 73.8 Å². The van der Waals surface area contributed by atoms with Crippen molar-refractivity contribution in [3.05, 3.63) is 42.5 Å². The maximum Gasteiger partial charge on any atom is 0.339 e. The molecule has 2 atom stereocenters. The summed E-state index contributed by atoms with van der Waals surface area (Å²) in [5.41, 5.74) is 3.02. The number of rotatable bonds is 3. The maximum atomic E-state index is 11.8. The molecule has 0 saturated heterocycles. The first-order chi connectivity index (χ1) is 10.1. The number of hydrogen-bond donors (Lipinski definition) is 2. The van der Waals surface area contributed by atoms with Gasteiger partial charge in [-0.2, -0.15) is 5.10 Å². The number of urea groups is 1. The van der Waals surface area contributed by atoms with Gasteiger partial charge in [0.15, 0.2) is 5.78 Å². The van der Waals surface area contributed by atoms with Crippen LogP contribution < -0.4 is 10.7 Å². The van der Waals surface area contributed by atoms with Gasteiger partial charge in [0.2, 0.25) is 0 Å². The number of para-hydroxylation sites is 1. The molecule has 0 fully saturated rings. The van der Waals surface area contributed by atoms with Crippen molar-refractivity contribution in [1.82, 2.24) is 10.3 Å². The van der Waals surface area contributed by atoms with Crippen molar-refractivity contribution in [2.75, 3.05) is 12.4 Å². The smallest absolute Gasteiger partial charge is 0.307 e. The largest absolute Gasteiger partial charge is 0.339 e. The van der Waals surface area contributed by atoms with Gasteiger partial charge in [-0.25, -0.2) is 10.2 Å². The molecule has 1 aromatic rings. The number of nitrogens with one attached hydrogen (secondary N) is 2. The zero-order valence-electron chi connectivity index (χ0n) is 12.0. The molecule has 0 spiro atoms. The number of likely N-dealkylation sites (N-methyl/N-ethyl adjacent to an activating group) is 1. The van der Waals surface area contributed by atoms with Crippen LogP contribution in [0.4, 0.5) is 10.5 Å². The van der Waals surface area contributed by atoms with E-state index >= 15 is 0 Å². The van der Waals surface area contributed by atoms with Crippen LogP contribution >= 0.6 is 0 Å². The number of carbonyl (C=O) groups excluding carboxylic acids is 2. The average molecular weight is 286 g/mol. The first kappa shape index (κ1) is 14.9. The van der Waals surface area contributed by atoms with Crippen molar-refractivity contribution < 1.29 is 9.59 Å². The fraction of sp³-hybridized carbons (Fsp3) is 0.267. The van der Waals surface area contributed by atoms with Crippen LogP contribution in [0, 0.1) is 0 Å². The Bertz CT molecular complexity index is 568. The molecule has 6 nitrogen and oxygen atoms in total. The number of benzene rings is 1. The summed E-state index contributed by atoms with van der Waals surface area (Å²) < 4.78 is 0. The molecule has 0 saturated carbocycles. The molecule has 1 aliphatic rings. The van der Waals surface area contributed by atoms with Gasteiger partial charge in [0.1, 0.15) is 6.04 Å². The second-order valence-corrected chi connectivity index (χ2v) is 4.82. The van der Waals surface area contributed by atoms with Gasteiger partial charge >= 0.3 is 6.03 Å². The van der Waals surface area contributed by atoms with Crippen molar-refractivity contribution in [3.63, 3.8) is 0 Å². The average Bonchev–Trinajstić information content (AvgIpc) is 2.48. The van der Waals surface area contributed by atoms with Gasteiger partial charge in [0, 0.05) is 17.9 Å². The van der Waals surface area contributed by atoms with Crippen LogP contribution in [0.5, 0.6) is 0 Å². The minimum Gasteiger partial charge on any atom is -0.307 e. The molecule has 0 aromatic heterocycles. The quantitative estimate of drug-likeness (QED) is 0.655. The van der Waals surface area contributed by atoms with E-state index in [1.807, 2.05) is 43.1 Å². The molecule has 0 aliphatic carbocycles. The van der Waals surface area contributed by atoms with E-state index in [9.17, 15) is 9.59 Å². The highest BCUT2D eigenvalue weighted by Crippen LogP contribution is 2.10. The second kappa shape index (κ2) is 6.81. The molecule has 0 bridgehead atoms. The number of amides is 2. The van der Waals surface area contributed by atoms with Gasteiger partial charge < -0.3 is 5.32 Å². The van der Waals surface area contributed by atoms with Crippen LogP contribution in [0.3, 0.4) is 0 Å². The number of anilines is 1. The second-order valence-electron chi connectivity index (χ2n) is 4.82. The molecule has 2 amide bonds. The van der Waals surface area contributed by atoms with Gasteiger partial charge in [0.25, 0.3) is 0 Å². The van der Waals surface area contributed by atoms with Crippen LogP contribution in [-0.2, 0) is 4.79 Å². The van der Waals surface area contributed by atoms with E-state index < -0.39 is 12.1 Å². The number of hydrogen-bond acceptors (Lipinski definition) is 4. The van der Waals surface area contributed by atoms with E-state index in [2.05, 4.69) is 15.8 Å². The summed E-state index contributed by atoms with van der Waals surface area (Å²) in [5, 5.41) is 6.48. The van der Waals surface area contributed by atoms with E-state index in [-0.39, 0.29) is 11.8 Å². The molecule has 6 heteroatoms. The van der Waals surface area contributed by atoms with E-state index in [1.165, 1.54) is 6.21 Å². The molecule has 1 heterocycles. The molecular formula is C15H18N4O2. The fourth-order valence-electron chi connectivity index (χ4n) is 1.95. The Labute approximate surface area is 123 Å². The Balaban J connectivity index is 1.89. The van der Waals surface area contributed by atoms with E-state index in [4.69, 9.17) is 0 Å². The SMILES string of the molecule is CC1C=CC(=O)C(C=NNC(=O)Nc2ccccc2)N1C. The van der Waals surface area contributed by atoms with Crippen LogP contribution in [0.15, 0.2) is 47.6 Å². The van der Waals surface area contributed by atoms with Crippen molar-refractivity contribution in [2.24, 2.45) is 5.10 Å². The summed E-state index contributed by atoms with van der Waals surface area (Å²) in [6, 6.07) is 8.29. The lowest BCUT2D eigenvalue weighted by Gasteiger charge is -2.30. The fourth-order valence-corrected chi connectivity index (χ4v) is 1.95.